The number of hydrogen-bond acceptors (Lipinski definition) is 5. The van der Waals surface area contributed by atoms with E-state index in [1.165, 1.54) is 0 Å². The number of nitrogens with one attached hydrogen (secondary N) is 1. The zero-order chi connectivity index (χ0) is 13.9. The summed E-state index contributed by atoms with van der Waals surface area (Å²) in [6.45, 7) is 5.75. The summed E-state index contributed by atoms with van der Waals surface area (Å²) < 4.78 is 0. The highest BCUT2D eigenvalue weighted by molar-refractivity contribution is 5.86. The van der Waals surface area contributed by atoms with E-state index in [-0.39, 0.29) is 29.2 Å². The average Bonchev–Trinajstić information content (AvgIpc) is 2.28. The SMILES string of the molecule is CC(C)C(C)Nc1nc(C(=O)O)ccc1[N+](=O)[O-]. The molecule has 18 heavy (non-hydrogen) atoms. The molecule has 98 valence electrons. The van der Waals surface area contributed by atoms with E-state index in [9.17, 15) is 14.9 Å². The van der Waals surface area contributed by atoms with Crippen LogP contribution in [0.25, 0.3) is 0 Å². The molecule has 1 rings (SSSR count). The predicted molar refractivity (Wildman–Crippen MR) is 65.8 cm³/mol. The van der Waals surface area contributed by atoms with Gasteiger partial charge < -0.3 is 10.4 Å². The molecule has 0 fully saturated rings. The Kier molecular flexibility index (Phi) is 4.19. The van der Waals surface area contributed by atoms with E-state index in [1.807, 2.05) is 20.8 Å². The molecule has 0 saturated carbocycles. The normalized spacial score (nSPS) is 12.2. The molecular weight excluding hydrogens is 238 g/mol. The number of anilines is 1. The topological polar surface area (TPSA) is 105 Å². The maximum atomic E-state index is 10.8. The first-order valence-electron chi connectivity index (χ1n) is 5.48. The van der Waals surface area contributed by atoms with Gasteiger partial charge >= 0.3 is 11.7 Å². The average molecular weight is 253 g/mol. The summed E-state index contributed by atoms with van der Waals surface area (Å²) in [4.78, 5) is 24.8. The Labute approximate surface area is 104 Å². The molecule has 0 bridgehead atoms. The van der Waals surface area contributed by atoms with Gasteiger partial charge in [-0.25, -0.2) is 9.78 Å². The van der Waals surface area contributed by atoms with Crippen LogP contribution in [0.2, 0.25) is 0 Å². The van der Waals surface area contributed by atoms with Crippen molar-refractivity contribution in [3.8, 4) is 0 Å². The summed E-state index contributed by atoms with van der Waals surface area (Å²) in [6, 6.07) is 2.21. The first-order valence-corrected chi connectivity index (χ1v) is 5.48. The van der Waals surface area contributed by atoms with Crippen molar-refractivity contribution in [2.24, 2.45) is 5.92 Å². The molecule has 7 heteroatoms. The fraction of sp³-hybridized carbons (Fsp3) is 0.455. The van der Waals surface area contributed by atoms with E-state index in [0.717, 1.165) is 12.1 Å². The molecule has 0 aromatic carbocycles. The second-order valence-corrected chi connectivity index (χ2v) is 4.30. The first kappa shape index (κ1) is 13.9. The van der Waals surface area contributed by atoms with Crippen LogP contribution in [0.1, 0.15) is 31.3 Å². The highest BCUT2D eigenvalue weighted by Gasteiger charge is 2.20. The Morgan fingerprint density at radius 1 is 1.44 bits per heavy atom. The van der Waals surface area contributed by atoms with Gasteiger partial charge in [-0.3, -0.25) is 10.1 Å². The van der Waals surface area contributed by atoms with Crippen LogP contribution in [-0.2, 0) is 0 Å². The molecule has 1 aromatic rings. The maximum Gasteiger partial charge on any atom is 0.354 e. The Balaban J connectivity index is 3.15. The zero-order valence-electron chi connectivity index (χ0n) is 10.4. The summed E-state index contributed by atoms with van der Waals surface area (Å²) in [6.07, 6.45) is 0. The standard InChI is InChI=1S/C11H15N3O4/c1-6(2)7(3)12-10-9(14(17)18)5-4-8(13-10)11(15)16/h4-7H,1-3H3,(H,12,13)(H,15,16). The van der Waals surface area contributed by atoms with Crippen LogP contribution in [0.3, 0.4) is 0 Å². The number of carboxylic acid groups (broad SMARTS) is 1. The fourth-order valence-corrected chi connectivity index (χ4v) is 1.21. The number of pyridine rings is 1. The Morgan fingerprint density at radius 3 is 2.50 bits per heavy atom. The van der Waals surface area contributed by atoms with Crippen molar-refractivity contribution in [2.45, 2.75) is 26.8 Å². The number of carbonyl (C=O) groups is 1. The van der Waals surface area contributed by atoms with Gasteiger partial charge in [0.05, 0.1) is 4.92 Å². The minimum atomic E-state index is -1.22. The van der Waals surface area contributed by atoms with Crippen LogP contribution in [-0.4, -0.2) is 27.0 Å². The summed E-state index contributed by atoms with van der Waals surface area (Å²) in [7, 11) is 0. The highest BCUT2D eigenvalue weighted by atomic mass is 16.6. The van der Waals surface area contributed by atoms with Crippen LogP contribution >= 0.6 is 0 Å². The van der Waals surface area contributed by atoms with Crippen molar-refractivity contribution in [2.75, 3.05) is 5.32 Å². The second-order valence-electron chi connectivity index (χ2n) is 4.30. The first-order chi connectivity index (χ1) is 8.32. The van der Waals surface area contributed by atoms with E-state index in [2.05, 4.69) is 10.3 Å². The van der Waals surface area contributed by atoms with Crippen molar-refractivity contribution < 1.29 is 14.8 Å². The molecule has 1 aromatic heterocycles. The van der Waals surface area contributed by atoms with Crippen LogP contribution in [0.15, 0.2) is 12.1 Å². The lowest BCUT2D eigenvalue weighted by molar-refractivity contribution is -0.384. The maximum absolute atomic E-state index is 10.8. The minimum absolute atomic E-state index is 0.0129. The Hall–Kier alpha value is -2.18. The van der Waals surface area contributed by atoms with E-state index in [4.69, 9.17) is 5.11 Å². The van der Waals surface area contributed by atoms with Gasteiger partial charge in [-0.1, -0.05) is 13.8 Å². The summed E-state index contributed by atoms with van der Waals surface area (Å²) in [5.74, 6) is -0.994. The number of carboxylic acids is 1. The second kappa shape index (κ2) is 5.44. The molecule has 0 amide bonds. The summed E-state index contributed by atoms with van der Waals surface area (Å²) in [5, 5.41) is 22.5. The van der Waals surface area contributed by atoms with Crippen molar-refractivity contribution in [1.82, 2.24) is 4.98 Å². The fourth-order valence-electron chi connectivity index (χ4n) is 1.21. The van der Waals surface area contributed by atoms with Gasteiger partial charge in [0.25, 0.3) is 0 Å². The summed E-state index contributed by atoms with van der Waals surface area (Å²) >= 11 is 0. The lowest BCUT2D eigenvalue weighted by Crippen LogP contribution is -2.23. The third-order valence-corrected chi connectivity index (χ3v) is 2.65. The van der Waals surface area contributed by atoms with Crippen molar-refractivity contribution in [1.29, 1.82) is 0 Å². The van der Waals surface area contributed by atoms with Gasteiger partial charge in [0.2, 0.25) is 5.82 Å². The molecule has 1 atom stereocenters. The zero-order valence-corrected chi connectivity index (χ0v) is 10.4. The van der Waals surface area contributed by atoms with Crippen molar-refractivity contribution >= 4 is 17.5 Å². The van der Waals surface area contributed by atoms with Gasteiger partial charge in [-0.2, -0.15) is 0 Å². The number of nitrogens with zero attached hydrogens (tertiary/aromatic N) is 2. The van der Waals surface area contributed by atoms with Crippen LogP contribution in [0, 0.1) is 16.0 Å². The van der Waals surface area contributed by atoms with Gasteiger partial charge in [0, 0.05) is 12.1 Å². The number of aromatic carboxylic acids is 1. The molecule has 0 saturated heterocycles. The third-order valence-electron chi connectivity index (χ3n) is 2.65. The number of nitro groups is 1. The monoisotopic (exact) mass is 253 g/mol. The molecule has 1 heterocycles. The molecule has 0 radical (unpaired) electrons. The largest absolute Gasteiger partial charge is 0.477 e. The van der Waals surface area contributed by atoms with Crippen molar-refractivity contribution in [3.05, 3.63) is 27.9 Å². The number of hydrogen-bond donors (Lipinski definition) is 2. The van der Waals surface area contributed by atoms with E-state index in [1.54, 1.807) is 0 Å². The van der Waals surface area contributed by atoms with Crippen LogP contribution in [0.5, 0.6) is 0 Å². The predicted octanol–water partition coefficient (Wildman–Crippen LogP) is 2.14. The molecule has 1 unspecified atom stereocenters. The summed E-state index contributed by atoms with van der Waals surface area (Å²) in [5.41, 5.74) is -0.452. The van der Waals surface area contributed by atoms with E-state index in [0.29, 0.717) is 0 Å². The Bertz CT molecular complexity index is 473. The van der Waals surface area contributed by atoms with Gasteiger partial charge in [-0.15, -0.1) is 0 Å². The smallest absolute Gasteiger partial charge is 0.354 e. The van der Waals surface area contributed by atoms with Crippen LogP contribution < -0.4 is 5.32 Å². The third kappa shape index (κ3) is 3.16. The number of aromatic nitrogens is 1. The molecule has 0 aliphatic carbocycles. The van der Waals surface area contributed by atoms with Gasteiger partial charge in [-0.05, 0) is 18.9 Å². The lowest BCUT2D eigenvalue weighted by Gasteiger charge is -2.18. The van der Waals surface area contributed by atoms with E-state index >= 15 is 0 Å². The molecule has 2 N–H and O–H groups in total. The van der Waals surface area contributed by atoms with Crippen molar-refractivity contribution in [3.63, 3.8) is 0 Å². The lowest BCUT2D eigenvalue weighted by atomic mass is 10.1. The molecule has 0 aliphatic rings. The molecule has 0 aliphatic heterocycles. The quantitative estimate of drug-likeness (QED) is 0.615. The highest BCUT2D eigenvalue weighted by Crippen LogP contribution is 2.23. The minimum Gasteiger partial charge on any atom is -0.477 e. The molecule has 7 nitrogen and oxygen atoms in total. The van der Waals surface area contributed by atoms with Crippen LogP contribution in [0.4, 0.5) is 11.5 Å². The Morgan fingerprint density at radius 2 is 2.06 bits per heavy atom. The molecule has 0 spiro atoms. The number of rotatable bonds is 5. The van der Waals surface area contributed by atoms with E-state index < -0.39 is 10.9 Å². The van der Waals surface area contributed by atoms with Gasteiger partial charge in [0.1, 0.15) is 0 Å². The van der Waals surface area contributed by atoms with Gasteiger partial charge in [0.15, 0.2) is 5.69 Å². The molecular formula is C11H15N3O4.